The zero-order valence-electron chi connectivity index (χ0n) is 11.1. The Labute approximate surface area is 122 Å². The lowest BCUT2D eigenvalue weighted by molar-refractivity contribution is -0.141. The molecule has 0 bridgehead atoms. The number of hydrogen-bond donors (Lipinski definition) is 1. The molecule has 0 saturated carbocycles. The van der Waals surface area contributed by atoms with Crippen LogP contribution >= 0.6 is 0 Å². The van der Waals surface area contributed by atoms with E-state index in [0.717, 1.165) is 5.39 Å². The average molecular weight is 306 g/mol. The number of aliphatic carboxylic acids is 1. The lowest BCUT2D eigenvalue weighted by Gasteiger charge is -2.17. The average Bonchev–Trinajstić information content (AvgIpc) is 2.97. The third-order valence-corrected chi connectivity index (χ3v) is 5.68. The van der Waals surface area contributed by atoms with Gasteiger partial charge in [-0.15, -0.1) is 0 Å². The molecule has 110 valence electrons. The van der Waals surface area contributed by atoms with Crippen molar-refractivity contribution in [1.29, 1.82) is 0 Å². The molecule has 0 unspecified atom stereocenters. The SMILES string of the molecule is O=C(O)[C@H]1CCN(S(=O)(=O)c2cccc3cnccc23)C1. The monoisotopic (exact) mass is 306 g/mol. The number of hydrogen-bond acceptors (Lipinski definition) is 4. The summed E-state index contributed by atoms with van der Waals surface area (Å²) in [7, 11) is -3.69. The molecule has 2 heterocycles. The van der Waals surface area contributed by atoms with E-state index in [2.05, 4.69) is 4.98 Å². The van der Waals surface area contributed by atoms with Gasteiger partial charge in [0.2, 0.25) is 10.0 Å². The predicted octanol–water partition coefficient (Wildman–Crippen LogP) is 1.33. The van der Waals surface area contributed by atoms with Crippen LogP contribution in [0.3, 0.4) is 0 Å². The number of benzene rings is 1. The van der Waals surface area contributed by atoms with E-state index in [0.29, 0.717) is 11.8 Å². The molecule has 1 aromatic carbocycles. The van der Waals surface area contributed by atoms with Gasteiger partial charge >= 0.3 is 5.97 Å². The zero-order valence-corrected chi connectivity index (χ0v) is 12.0. The van der Waals surface area contributed by atoms with Crippen molar-refractivity contribution >= 4 is 26.8 Å². The number of rotatable bonds is 3. The lowest BCUT2D eigenvalue weighted by atomic mass is 10.1. The quantitative estimate of drug-likeness (QED) is 0.924. The fourth-order valence-corrected chi connectivity index (χ4v) is 4.32. The van der Waals surface area contributed by atoms with Gasteiger partial charge < -0.3 is 5.11 Å². The Bertz CT molecular complexity index is 798. The summed E-state index contributed by atoms with van der Waals surface area (Å²) in [4.78, 5) is 15.2. The minimum absolute atomic E-state index is 0.0269. The van der Waals surface area contributed by atoms with E-state index in [1.165, 1.54) is 4.31 Å². The Kier molecular flexibility index (Phi) is 3.38. The number of carboxylic acid groups (broad SMARTS) is 1. The molecule has 6 nitrogen and oxygen atoms in total. The summed E-state index contributed by atoms with van der Waals surface area (Å²) in [6.07, 6.45) is 3.50. The third-order valence-electron chi connectivity index (χ3n) is 3.76. The Morgan fingerprint density at radius 1 is 1.33 bits per heavy atom. The molecular formula is C14H14N2O4S. The summed E-state index contributed by atoms with van der Waals surface area (Å²) >= 11 is 0. The molecule has 1 aliphatic rings. The van der Waals surface area contributed by atoms with Gasteiger partial charge in [0.25, 0.3) is 0 Å². The first kappa shape index (κ1) is 14.0. The Balaban J connectivity index is 2.04. The molecule has 1 fully saturated rings. The standard InChI is InChI=1S/C14H14N2O4S/c17-14(18)11-5-7-16(9-11)21(19,20)13-3-1-2-10-8-15-6-4-12(10)13/h1-4,6,8,11H,5,7,9H2,(H,17,18)/t11-/m0/s1. The normalized spacial score (nSPS) is 19.9. The highest BCUT2D eigenvalue weighted by molar-refractivity contribution is 7.89. The molecule has 1 aromatic heterocycles. The highest BCUT2D eigenvalue weighted by Gasteiger charge is 2.36. The molecule has 1 aliphatic heterocycles. The van der Waals surface area contributed by atoms with Crippen LogP contribution in [0.2, 0.25) is 0 Å². The van der Waals surface area contributed by atoms with Gasteiger partial charge in [-0.05, 0) is 18.6 Å². The van der Waals surface area contributed by atoms with Gasteiger partial charge in [-0.25, -0.2) is 8.42 Å². The van der Waals surface area contributed by atoms with Crippen LogP contribution < -0.4 is 0 Å². The van der Waals surface area contributed by atoms with Gasteiger partial charge in [-0.1, -0.05) is 12.1 Å². The second-order valence-corrected chi connectivity index (χ2v) is 6.95. The van der Waals surface area contributed by atoms with E-state index in [4.69, 9.17) is 5.11 Å². The van der Waals surface area contributed by atoms with Gasteiger partial charge in [-0.2, -0.15) is 4.31 Å². The minimum atomic E-state index is -3.69. The molecule has 1 saturated heterocycles. The highest BCUT2D eigenvalue weighted by atomic mass is 32.2. The number of pyridine rings is 1. The van der Waals surface area contributed by atoms with Gasteiger partial charge in [0.05, 0.1) is 10.8 Å². The van der Waals surface area contributed by atoms with Gasteiger partial charge in [0.15, 0.2) is 0 Å². The van der Waals surface area contributed by atoms with Crippen LogP contribution in [0.1, 0.15) is 6.42 Å². The number of aromatic nitrogens is 1. The lowest BCUT2D eigenvalue weighted by Crippen LogP contribution is -2.30. The maximum absolute atomic E-state index is 12.7. The summed E-state index contributed by atoms with van der Waals surface area (Å²) in [5.74, 6) is -1.58. The molecule has 0 aliphatic carbocycles. The molecule has 0 amide bonds. The minimum Gasteiger partial charge on any atom is -0.481 e. The molecule has 1 N–H and O–H groups in total. The van der Waals surface area contributed by atoms with E-state index in [9.17, 15) is 13.2 Å². The van der Waals surface area contributed by atoms with Gasteiger partial charge in [0.1, 0.15) is 0 Å². The van der Waals surface area contributed by atoms with Crippen LogP contribution in [0.15, 0.2) is 41.6 Å². The van der Waals surface area contributed by atoms with Crippen molar-refractivity contribution in [3.8, 4) is 0 Å². The van der Waals surface area contributed by atoms with Crippen molar-refractivity contribution in [2.45, 2.75) is 11.3 Å². The molecule has 2 aromatic rings. The summed E-state index contributed by atoms with van der Waals surface area (Å²) in [6, 6.07) is 6.67. The predicted molar refractivity (Wildman–Crippen MR) is 76.2 cm³/mol. The van der Waals surface area contributed by atoms with E-state index in [-0.39, 0.29) is 18.0 Å². The van der Waals surface area contributed by atoms with Crippen LogP contribution in [0.25, 0.3) is 10.8 Å². The van der Waals surface area contributed by atoms with Crippen LogP contribution in [0.4, 0.5) is 0 Å². The number of carbonyl (C=O) groups is 1. The van der Waals surface area contributed by atoms with E-state index in [1.54, 1.807) is 36.7 Å². The van der Waals surface area contributed by atoms with Crippen LogP contribution in [0, 0.1) is 5.92 Å². The molecule has 3 rings (SSSR count). The van der Waals surface area contributed by atoms with Crippen molar-refractivity contribution in [3.63, 3.8) is 0 Å². The molecule has 0 spiro atoms. The largest absolute Gasteiger partial charge is 0.481 e. The van der Waals surface area contributed by atoms with Crippen molar-refractivity contribution in [3.05, 3.63) is 36.7 Å². The molecule has 0 radical (unpaired) electrons. The first-order valence-electron chi connectivity index (χ1n) is 6.56. The summed E-state index contributed by atoms with van der Waals surface area (Å²) in [5.41, 5.74) is 0. The van der Waals surface area contributed by atoms with Gasteiger partial charge in [-0.3, -0.25) is 9.78 Å². The van der Waals surface area contributed by atoms with Crippen molar-refractivity contribution < 1.29 is 18.3 Å². The zero-order chi connectivity index (χ0) is 15.0. The number of fused-ring (bicyclic) bond motifs is 1. The van der Waals surface area contributed by atoms with Crippen LogP contribution in [0.5, 0.6) is 0 Å². The summed E-state index contributed by atoms with van der Waals surface area (Å²) in [6.45, 7) is 0.264. The van der Waals surface area contributed by atoms with Crippen molar-refractivity contribution in [1.82, 2.24) is 9.29 Å². The van der Waals surface area contributed by atoms with E-state index >= 15 is 0 Å². The first-order valence-corrected chi connectivity index (χ1v) is 8.00. The van der Waals surface area contributed by atoms with Crippen molar-refractivity contribution in [2.75, 3.05) is 13.1 Å². The summed E-state index contributed by atoms with van der Waals surface area (Å²) in [5, 5.41) is 10.4. The Hall–Kier alpha value is -1.99. The van der Waals surface area contributed by atoms with E-state index in [1.807, 2.05) is 0 Å². The molecule has 1 atom stereocenters. The fraction of sp³-hybridized carbons (Fsp3) is 0.286. The molecular weight excluding hydrogens is 292 g/mol. The van der Waals surface area contributed by atoms with Crippen molar-refractivity contribution in [2.24, 2.45) is 5.92 Å². The Morgan fingerprint density at radius 3 is 2.86 bits per heavy atom. The van der Waals surface area contributed by atoms with Gasteiger partial charge in [0, 0.05) is 36.3 Å². The topological polar surface area (TPSA) is 87.6 Å². The first-order chi connectivity index (χ1) is 10.00. The number of nitrogens with zero attached hydrogens (tertiary/aromatic N) is 2. The Morgan fingerprint density at radius 2 is 2.14 bits per heavy atom. The fourth-order valence-electron chi connectivity index (χ4n) is 2.60. The maximum atomic E-state index is 12.7. The molecule has 7 heteroatoms. The maximum Gasteiger partial charge on any atom is 0.307 e. The van der Waals surface area contributed by atoms with Crippen LogP contribution in [-0.4, -0.2) is 41.9 Å². The third kappa shape index (κ3) is 2.38. The second-order valence-electron chi connectivity index (χ2n) is 5.04. The molecule has 21 heavy (non-hydrogen) atoms. The van der Waals surface area contributed by atoms with Crippen LogP contribution in [-0.2, 0) is 14.8 Å². The van der Waals surface area contributed by atoms with E-state index < -0.39 is 21.9 Å². The summed E-state index contributed by atoms with van der Waals surface area (Å²) < 4.78 is 26.7. The number of carboxylic acids is 1. The number of sulfonamides is 1. The smallest absolute Gasteiger partial charge is 0.307 e. The highest BCUT2D eigenvalue weighted by Crippen LogP contribution is 2.29. The second kappa shape index (κ2) is 5.09.